The van der Waals surface area contributed by atoms with Gasteiger partial charge in [0, 0.05) is 16.6 Å². The van der Waals surface area contributed by atoms with E-state index >= 15 is 0 Å². The van der Waals surface area contributed by atoms with Crippen LogP contribution in [-0.4, -0.2) is 10.9 Å². The normalized spacial score (nSPS) is 18.0. The van der Waals surface area contributed by atoms with Crippen LogP contribution in [0.25, 0.3) is 11.3 Å². The van der Waals surface area contributed by atoms with E-state index in [1.54, 1.807) is 11.3 Å². The molecule has 1 atom stereocenters. The van der Waals surface area contributed by atoms with Gasteiger partial charge in [-0.3, -0.25) is 4.79 Å². The molecule has 1 amide bonds. The molecule has 1 aliphatic heterocycles. The van der Waals surface area contributed by atoms with Crippen molar-refractivity contribution in [2.45, 2.75) is 19.8 Å². The number of nitrogens with one attached hydrogen (secondary N) is 1. The van der Waals surface area contributed by atoms with Gasteiger partial charge in [-0.1, -0.05) is 6.07 Å². The van der Waals surface area contributed by atoms with Crippen LogP contribution >= 0.6 is 11.3 Å². The number of carbonyl (C=O) groups excluding carboxylic acids is 1. The molecule has 1 aromatic heterocycles. The van der Waals surface area contributed by atoms with Crippen molar-refractivity contribution in [3.63, 3.8) is 0 Å². The Bertz CT molecular complexity index is 603. The molecule has 3 nitrogen and oxygen atoms in total. The summed E-state index contributed by atoms with van der Waals surface area (Å²) < 4.78 is 0. The quantitative estimate of drug-likeness (QED) is 0.837. The molecule has 17 heavy (non-hydrogen) atoms. The molecule has 0 saturated heterocycles. The summed E-state index contributed by atoms with van der Waals surface area (Å²) in [5.41, 5.74) is 4.06. The molecule has 2 heterocycles. The molecule has 4 heteroatoms. The van der Waals surface area contributed by atoms with Crippen molar-refractivity contribution in [2.24, 2.45) is 0 Å². The maximum atomic E-state index is 11.6. The lowest BCUT2D eigenvalue weighted by molar-refractivity contribution is -0.116. The zero-order valence-corrected chi connectivity index (χ0v) is 10.5. The minimum Gasteiger partial charge on any atom is -0.325 e. The van der Waals surface area contributed by atoms with Gasteiger partial charge in [-0.15, -0.1) is 11.3 Å². The third kappa shape index (κ3) is 1.65. The van der Waals surface area contributed by atoms with E-state index in [-0.39, 0.29) is 11.8 Å². The molecule has 0 bridgehead atoms. The Morgan fingerprint density at radius 3 is 2.94 bits per heavy atom. The number of aromatic nitrogens is 1. The summed E-state index contributed by atoms with van der Waals surface area (Å²) >= 11 is 1.64. The van der Waals surface area contributed by atoms with Crippen LogP contribution < -0.4 is 5.32 Å². The van der Waals surface area contributed by atoms with Crippen molar-refractivity contribution >= 4 is 22.9 Å². The highest BCUT2D eigenvalue weighted by atomic mass is 32.1. The van der Waals surface area contributed by atoms with Crippen molar-refractivity contribution < 1.29 is 4.79 Å². The van der Waals surface area contributed by atoms with E-state index < -0.39 is 0 Å². The second-order valence-electron chi connectivity index (χ2n) is 4.26. The number of hydrogen-bond acceptors (Lipinski definition) is 3. The predicted octanol–water partition coefficient (Wildman–Crippen LogP) is 3.17. The van der Waals surface area contributed by atoms with Gasteiger partial charge in [0.25, 0.3) is 0 Å². The Kier molecular flexibility index (Phi) is 2.26. The van der Waals surface area contributed by atoms with Crippen LogP contribution in [0, 0.1) is 6.92 Å². The second-order valence-corrected chi connectivity index (χ2v) is 5.33. The molecule has 0 fully saturated rings. The zero-order valence-electron chi connectivity index (χ0n) is 9.65. The fourth-order valence-electron chi connectivity index (χ4n) is 2.07. The van der Waals surface area contributed by atoms with Gasteiger partial charge in [0.15, 0.2) is 0 Å². The maximum Gasteiger partial charge on any atom is 0.231 e. The Morgan fingerprint density at radius 2 is 2.24 bits per heavy atom. The van der Waals surface area contributed by atoms with Crippen molar-refractivity contribution in [1.82, 2.24) is 4.98 Å². The van der Waals surface area contributed by atoms with Gasteiger partial charge in [-0.25, -0.2) is 4.98 Å². The monoisotopic (exact) mass is 244 g/mol. The number of anilines is 1. The molecule has 1 aliphatic rings. The highest BCUT2D eigenvalue weighted by Crippen LogP contribution is 2.35. The van der Waals surface area contributed by atoms with Crippen molar-refractivity contribution in [3.8, 4) is 11.3 Å². The maximum absolute atomic E-state index is 11.6. The van der Waals surface area contributed by atoms with Gasteiger partial charge in [0.1, 0.15) is 0 Å². The molecule has 0 saturated carbocycles. The molecule has 0 aliphatic carbocycles. The predicted molar refractivity (Wildman–Crippen MR) is 69.3 cm³/mol. The summed E-state index contributed by atoms with van der Waals surface area (Å²) in [6.45, 7) is 3.92. The van der Waals surface area contributed by atoms with Gasteiger partial charge in [0.05, 0.1) is 16.6 Å². The van der Waals surface area contributed by atoms with Crippen LogP contribution in [0.15, 0.2) is 23.6 Å². The average molecular weight is 244 g/mol. The number of nitrogens with zero attached hydrogens (tertiary/aromatic N) is 1. The lowest BCUT2D eigenvalue weighted by Crippen LogP contribution is -2.08. The van der Waals surface area contributed by atoms with Crippen LogP contribution in [-0.2, 0) is 4.79 Å². The highest BCUT2D eigenvalue weighted by Gasteiger charge is 2.26. The first-order chi connectivity index (χ1) is 8.15. The van der Waals surface area contributed by atoms with Crippen LogP contribution in [0.2, 0.25) is 0 Å². The number of benzene rings is 1. The van der Waals surface area contributed by atoms with E-state index in [0.29, 0.717) is 0 Å². The number of amides is 1. The molecule has 86 valence electrons. The minimum atomic E-state index is -0.0651. The van der Waals surface area contributed by atoms with Gasteiger partial charge in [-0.05, 0) is 31.5 Å². The van der Waals surface area contributed by atoms with E-state index in [9.17, 15) is 4.79 Å². The topological polar surface area (TPSA) is 42.0 Å². The van der Waals surface area contributed by atoms with Crippen LogP contribution in [0.3, 0.4) is 0 Å². The summed E-state index contributed by atoms with van der Waals surface area (Å²) in [6, 6.07) is 6.03. The van der Waals surface area contributed by atoms with Gasteiger partial charge >= 0.3 is 0 Å². The molecule has 1 unspecified atom stereocenters. The number of hydrogen-bond donors (Lipinski definition) is 1. The first-order valence-corrected chi connectivity index (χ1v) is 6.40. The number of carbonyl (C=O) groups is 1. The molecule has 2 aromatic rings. The number of rotatable bonds is 1. The molecule has 0 radical (unpaired) electrons. The van der Waals surface area contributed by atoms with Gasteiger partial charge < -0.3 is 5.32 Å². The summed E-state index contributed by atoms with van der Waals surface area (Å²) in [5, 5.41) is 5.98. The van der Waals surface area contributed by atoms with Crippen molar-refractivity contribution in [1.29, 1.82) is 0 Å². The zero-order chi connectivity index (χ0) is 12.0. The standard InChI is InChI=1S/C13H12N2OS/c1-7-10-5-9(12-6-17-8(2)14-12)3-4-11(10)15-13(7)16/h3-7H,1-2H3,(H,15,16). The van der Waals surface area contributed by atoms with E-state index in [0.717, 1.165) is 27.5 Å². The Morgan fingerprint density at radius 1 is 1.41 bits per heavy atom. The highest BCUT2D eigenvalue weighted by molar-refractivity contribution is 7.09. The minimum absolute atomic E-state index is 0.0651. The second kappa shape index (κ2) is 3.67. The van der Waals surface area contributed by atoms with Crippen molar-refractivity contribution in [2.75, 3.05) is 5.32 Å². The Labute approximate surface area is 104 Å². The van der Waals surface area contributed by atoms with E-state index in [1.165, 1.54) is 0 Å². The number of fused-ring (bicyclic) bond motifs is 1. The molecule has 1 aromatic carbocycles. The smallest absolute Gasteiger partial charge is 0.231 e. The summed E-state index contributed by atoms with van der Waals surface area (Å²) in [6.07, 6.45) is 0. The third-order valence-electron chi connectivity index (χ3n) is 3.08. The molecular weight excluding hydrogens is 232 g/mol. The molecule has 0 spiro atoms. The first-order valence-electron chi connectivity index (χ1n) is 5.52. The number of thiazole rings is 1. The molecule has 1 N–H and O–H groups in total. The summed E-state index contributed by atoms with van der Waals surface area (Å²) in [7, 11) is 0. The van der Waals surface area contributed by atoms with E-state index in [1.807, 2.05) is 31.4 Å². The lowest BCUT2D eigenvalue weighted by atomic mass is 10.00. The van der Waals surface area contributed by atoms with E-state index in [2.05, 4.69) is 16.4 Å². The first kappa shape index (κ1) is 10.5. The SMILES string of the molecule is Cc1nc(-c2ccc3c(c2)C(C)C(=O)N3)cs1. The van der Waals surface area contributed by atoms with Gasteiger partial charge in [0.2, 0.25) is 5.91 Å². The van der Waals surface area contributed by atoms with Crippen molar-refractivity contribution in [3.05, 3.63) is 34.2 Å². The Balaban J connectivity index is 2.08. The lowest BCUT2D eigenvalue weighted by Gasteiger charge is -2.03. The largest absolute Gasteiger partial charge is 0.325 e. The van der Waals surface area contributed by atoms with Crippen LogP contribution in [0.5, 0.6) is 0 Å². The number of aryl methyl sites for hydroxylation is 1. The fraction of sp³-hybridized carbons (Fsp3) is 0.231. The van der Waals surface area contributed by atoms with Gasteiger partial charge in [-0.2, -0.15) is 0 Å². The van der Waals surface area contributed by atoms with Crippen LogP contribution in [0.4, 0.5) is 5.69 Å². The fourth-order valence-corrected chi connectivity index (χ4v) is 2.69. The molecule has 3 rings (SSSR count). The Hall–Kier alpha value is -1.68. The summed E-state index contributed by atoms with van der Waals surface area (Å²) in [5.74, 6) is 0.0105. The van der Waals surface area contributed by atoms with E-state index in [4.69, 9.17) is 0 Å². The average Bonchev–Trinajstić information content (AvgIpc) is 2.85. The third-order valence-corrected chi connectivity index (χ3v) is 3.86. The summed E-state index contributed by atoms with van der Waals surface area (Å²) in [4.78, 5) is 16.0. The molecular formula is C13H12N2OS. The van der Waals surface area contributed by atoms with Crippen LogP contribution in [0.1, 0.15) is 23.4 Å².